The maximum atomic E-state index is 13.0. The third-order valence-electron chi connectivity index (χ3n) is 2.96. The van der Waals surface area contributed by atoms with Crippen LogP contribution in [0.5, 0.6) is 0 Å². The molecule has 2 N–H and O–H groups in total. The second-order valence-corrected chi connectivity index (χ2v) is 4.11. The van der Waals surface area contributed by atoms with Crippen molar-refractivity contribution in [3.63, 3.8) is 0 Å². The van der Waals surface area contributed by atoms with Gasteiger partial charge in [-0.1, -0.05) is 0 Å². The Morgan fingerprint density at radius 3 is 3.12 bits per heavy atom. The van der Waals surface area contributed by atoms with Gasteiger partial charge in [-0.15, -0.1) is 0 Å². The minimum Gasteiger partial charge on any atom is -0.367 e. The maximum absolute atomic E-state index is 13.0. The Morgan fingerprint density at radius 2 is 2.31 bits per heavy atom. The molecule has 3 rings (SSSR count). The highest BCUT2D eigenvalue weighted by Gasteiger charge is 2.24. The van der Waals surface area contributed by atoms with E-state index in [4.69, 9.17) is 0 Å². The quantitative estimate of drug-likeness (QED) is 0.809. The Hall–Kier alpha value is -1.72. The average Bonchev–Trinajstić information content (AvgIpc) is 2.87. The highest BCUT2D eigenvalue weighted by molar-refractivity contribution is 5.85. The molecule has 0 spiro atoms. The van der Waals surface area contributed by atoms with Gasteiger partial charge in [0.1, 0.15) is 18.3 Å². The molecule has 1 fully saturated rings. The molecule has 0 bridgehead atoms. The number of rotatable bonds is 2. The van der Waals surface area contributed by atoms with Crippen LogP contribution in [0.1, 0.15) is 19.3 Å². The molecule has 1 aliphatic carbocycles. The monoisotopic (exact) mass is 221 g/mol. The fourth-order valence-corrected chi connectivity index (χ4v) is 2.13. The lowest BCUT2D eigenvalue weighted by atomic mass is 10.2. The lowest BCUT2D eigenvalue weighted by Gasteiger charge is -2.12. The summed E-state index contributed by atoms with van der Waals surface area (Å²) in [4.78, 5) is 8.21. The summed E-state index contributed by atoms with van der Waals surface area (Å²) < 4.78 is 13.0. The van der Waals surface area contributed by atoms with Crippen LogP contribution in [0.3, 0.4) is 0 Å². The molecule has 84 valence electrons. The lowest BCUT2D eigenvalue weighted by Crippen LogP contribution is -2.16. The van der Waals surface area contributed by atoms with Crippen molar-refractivity contribution in [3.8, 4) is 0 Å². The van der Waals surface area contributed by atoms with E-state index in [0.29, 0.717) is 18.5 Å². The van der Waals surface area contributed by atoms with Gasteiger partial charge in [0.15, 0.2) is 5.65 Å². The number of alkyl halides is 1. The largest absolute Gasteiger partial charge is 0.367 e. The highest BCUT2D eigenvalue weighted by atomic mass is 19.1. The number of aromatic amines is 1. The van der Waals surface area contributed by atoms with Gasteiger partial charge in [0.2, 0.25) is 0 Å². The van der Waals surface area contributed by atoms with E-state index in [1.54, 1.807) is 6.20 Å². The topological polar surface area (TPSA) is 66.5 Å². The van der Waals surface area contributed by atoms with Gasteiger partial charge in [-0.25, -0.2) is 14.4 Å². The Kier molecular flexibility index (Phi) is 2.19. The molecule has 0 aromatic carbocycles. The second kappa shape index (κ2) is 3.70. The summed E-state index contributed by atoms with van der Waals surface area (Å²) in [6, 6.07) is 0.169. The molecule has 2 aromatic rings. The standard InChI is InChI=1S/C10H12FN5/c11-6-1-2-7(3-6)15-9-8-4-14-16-10(8)13-5-12-9/h4-7H,1-3H2,(H2,12,13,14,15,16). The van der Waals surface area contributed by atoms with Gasteiger partial charge in [0.25, 0.3) is 0 Å². The first-order valence-electron chi connectivity index (χ1n) is 5.37. The number of hydrogen-bond acceptors (Lipinski definition) is 4. The molecule has 0 aliphatic heterocycles. The van der Waals surface area contributed by atoms with Gasteiger partial charge < -0.3 is 5.32 Å². The summed E-state index contributed by atoms with van der Waals surface area (Å²) in [5, 5.41) is 10.8. The van der Waals surface area contributed by atoms with E-state index in [1.165, 1.54) is 6.33 Å². The molecule has 1 aliphatic rings. The summed E-state index contributed by atoms with van der Waals surface area (Å²) in [7, 11) is 0. The van der Waals surface area contributed by atoms with Gasteiger partial charge in [0.05, 0.1) is 11.6 Å². The molecule has 16 heavy (non-hydrogen) atoms. The molecule has 0 saturated heterocycles. The SMILES string of the molecule is FC1CCC(Nc2ncnc3[nH]ncc23)C1. The van der Waals surface area contributed by atoms with Crippen LogP contribution in [0.2, 0.25) is 0 Å². The molecular weight excluding hydrogens is 209 g/mol. The van der Waals surface area contributed by atoms with Crippen LogP contribution in [0.25, 0.3) is 11.0 Å². The molecule has 2 aromatic heterocycles. The van der Waals surface area contributed by atoms with Crippen LogP contribution >= 0.6 is 0 Å². The Labute approximate surface area is 91.5 Å². The minimum atomic E-state index is -0.681. The van der Waals surface area contributed by atoms with E-state index in [2.05, 4.69) is 25.5 Å². The Morgan fingerprint density at radius 1 is 1.38 bits per heavy atom. The second-order valence-electron chi connectivity index (χ2n) is 4.11. The van der Waals surface area contributed by atoms with Crippen LogP contribution < -0.4 is 5.32 Å². The Balaban J connectivity index is 1.86. The van der Waals surface area contributed by atoms with Crippen molar-refractivity contribution >= 4 is 16.9 Å². The third-order valence-corrected chi connectivity index (χ3v) is 2.96. The zero-order chi connectivity index (χ0) is 11.0. The van der Waals surface area contributed by atoms with Gasteiger partial charge in [-0.2, -0.15) is 5.10 Å². The van der Waals surface area contributed by atoms with Crippen LogP contribution in [-0.4, -0.2) is 32.4 Å². The number of anilines is 1. The van der Waals surface area contributed by atoms with E-state index < -0.39 is 6.17 Å². The summed E-state index contributed by atoms with van der Waals surface area (Å²) in [6.07, 6.45) is 4.52. The number of halogens is 1. The van der Waals surface area contributed by atoms with Crippen molar-refractivity contribution in [2.45, 2.75) is 31.5 Å². The predicted molar refractivity (Wildman–Crippen MR) is 57.8 cm³/mol. The summed E-state index contributed by atoms with van der Waals surface area (Å²) >= 11 is 0. The molecule has 2 unspecified atom stereocenters. The molecule has 5 nitrogen and oxygen atoms in total. The first kappa shape index (κ1) is 9.50. The zero-order valence-corrected chi connectivity index (χ0v) is 8.65. The predicted octanol–water partition coefficient (Wildman–Crippen LogP) is 1.66. The van der Waals surface area contributed by atoms with Crippen molar-refractivity contribution < 1.29 is 4.39 Å². The Bertz CT molecular complexity index is 497. The number of H-pyrrole nitrogens is 1. The molecule has 2 atom stereocenters. The van der Waals surface area contributed by atoms with Crippen LogP contribution in [0.4, 0.5) is 10.2 Å². The third kappa shape index (κ3) is 1.60. The highest BCUT2D eigenvalue weighted by Crippen LogP contribution is 2.26. The number of hydrogen-bond donors (Lipinski definition) is 2. The fourth-order valence-electron chi connectivity index (χ4n) is 2.13. The van der Waals surface area contributed by atoms with E-state index in [0.717, 1.165) is 17.6 Å². The van der Waals surface area contributed by atoms with Gasteiger partial charge in [-0.3, -0.25) is 5.10 Å². The maximum Gasteiger partial charge on any atom is 0.160 e. The number of nitrogens with one attached hydrogen (secondary N) is 2. The van der Waals surface area contributed by atoms with Crippen molar-refractivity contribution in [3.05, 3.63) is 12.5 Å². The molecular formula is C10H12FN5. The molecule has 6 heteroatoms. The van der Waals surface area contributed by atoms with Crippen molar-refractivity contribution in [2.75, 3.05) is 5.32 Å². The molecule has 2 heterocycles. The lowest BCUT2D eigenvalue weighted by molar-refractivity contribution is 0.341. The van der Waals surface area contributed by atoms with Gasteiger partial charge >= 0.3 is 0 Å². The zero-order valence-electron chi connectivity index (χ0n) is 8.65. The molecule has 1 saturated carbocycles. The number of aromatic nitrogens is 4. The van der Waals surface area contributed by atoms with Gasteiger partial charge in [0, 0.05) is 6.04 Å². The smallest absolute Gasteiger partial charge is 0.160 e. The summed E-state index contributed by atoms with van der Waals surface area (Å²) in [5.41, 5.74) is 0.701. The minimum absolute atomic E-state index is 0.169. The van der Waals surface area contributed by atoms with Crippen LogP contribution in [-0.2, 0) is 0 Å². The average molecular weight is 221 g/mol. The first-order chi connectivity index (χ1) is 7.83. The van der Waals surface area contributed by atoms with Crippen LogP contribution in [0.15, 0.2) is 12.5 Å². The normalized spacial score (nSPS) is 25.1. The number of nitrogens with zero attached hydrogens (tertiary/aromatic N) is 3. The van der Waals surface area contributed by atoms with Gasteiger partial charge in [-0.05, 0) is 19.3 Å². The molecule has 0 amide bonds. The van der Waals surface area contributed by atoms with Crippen molar-refractivity contribution in [1.82, 2.24) is 20.2 Å². The van der Waals surface area contributed by atoms with E-state index in [9.17, 15) is 4.39 Å². The summed E-state index contributed by atoms with van der Waals surface area (Å²) in [6.45, 7) is 0. The number of fused-ring (bicyclic) bond motifs is 1. The molecule has 0 radical (unpaired) electrons. The van der Waals surface area contributed by atoms with E-state index in [1.807, 2.05) is 0 Å². The van der Waals surface area contributed by atoms with Crippen molar-refractivity contribution in [2.24, 2.45) is 0 Å². The fraction of sp³-hybridized carbons (Fsp3) is 0.500. The van der Waals surface area contributed by atoms with Crippen molar-refractivity contribution in [1.29, 1.82) is 0 Å². The first-order valence-corrected chi connectivity index (χ1v) is 5.37. The van der Waals surface area contributed by atoms with E-state index >= 15 is 0 Å². The van der Waals surface area contributed by atoms with Crippen LogP contribution in [0, 0.1) is 0 Å². The summed E-state index contributed by atoms with van der Waals surface area (Å²) in [5.74, 6) is 0.734. The van der Waals surface area contributed by atoms with E-state index in [-0.39, 0.29) is 6.04 Å².